The van der Waals surface area contributed by atoms with Crippen LogP contribution in [0.5, 0.6) is 0 Å². The van der Waals surface area contributed by atoms with Gasteiger partial charge in [-0.1, -0.05) is 11.6 Å². The van der Waals surface area contributed by atoms with E-state index in [-0.39, 0.29) is 36.7 Å². The van der Waals surface area contributed by atoms with Gasteiger partial charge in [-0.2, -0.15) is 0 Å². The maximum Gasteiger partial charge on any atom is 0.238 e. The molecule has 0 saturated carbocycles. The van der Waals surface area contributed by atoms with Gasteiger partial charge in [0.1, 0.15) is 0 Å². The Labute approximate surface area is 153 Å². The molecule has 24 heavy (non-hydrogen) atoms. The van der Waals surface area contributed by atoms with Gasteiger partial charge in [0.25, 0.3) is 0 Å². The fourth-order valence-corrected chi connectivity index (χ4v) is 2.82. The Hall–Kier alpha value is -1.34. The van der Waals surface area contributed by atoms with Gasteiger partial charge >= 0.3 is 0 Å². The third-order valence-electron chi connectivity index (χ3n) is 3.82. The molecule has 134 valence electrons. The Bertz CT molecular complexity index is 539. The summed E-state index contributed by atoms with van der Waals surface area (Å²) in [5.74, 6) is -0.132. The predicted octanol–water partition coefficient (Wildman–Crippen LogP) is 1.49. The number of amides is 2. The van der Waals surface area contributed by atoms with Crippen LogP contribution in [-0.2, 0) is 9.59 Å². The normalized spacial score (nSPS) is 17.7. The van der Waals surface area contributed by atoms with Crippen LogP contribution in [0.4, 0.5) is 5.69 Å². The molecule has 2 amide bonds. The topological polar surface area (TPSA) is 87.5 Å². The Balaban J connectivity index is 0.00000288. The molecule has 4 N–H and O–H groups in total. The number of benzene rings is 1. The van der Waals surface area contributed by atoms with E-state index in [9.17, 15) is 9.59 Å². The maximum atomic E-state index is 12.1. The zero-order chi connectivity index (χ0) is 16.7. The highest BCUT2D eigenvalue weighted by Crippen LogP contribution is 2.17. The van der Waals surface area contributed by atoms with Crippen molar-refractivity contribution in [1.82, 2.24) is 10.2 Å². The van der Waals surface area contributed by atoms with Gasteiger partial charge in [-0.15, -0.1) is 12.4 Å². The number of nitrogens with two attached hydrogens (primary N) is 1. The van der Waals surface area contributed by atoms with Crippen molar-refractivity contribution in [2.75, 3.05) is 38.0 Å². The fourth-order valence-electron chi connectivity index (χ4n) is 2.69. The van der Waals surface area contributed by atoms with Gasteiger partial charge in [0, 0.05) is 30.3 Å². The lowest BCUT2D eigenvalue weighted by Crippen LogP contribution is -2.46. The third-order valence-corrected chi connectivity index (χ3v) is 4.07. The van der Waals surface area contributed by atoms with Crippen LogP contribution >= 0.6 is 24.0 Å². The van der Waals surface area contributed by atoms with E-state index >= 15 is 0 Å². The number of halogens is 2. The summed E-state index contributed by atoms with van der Waals surface area (Å²) in [6.07, 6.45) is 1.76. The molecular formula is C16H24Cl2N4O2. The number of piperidine rings is 1. The van der Waals surface area contributed by atoms with Crippen molar-refractivity contribution in [2.45, 2.75) is 12.8 Å². The lowest BCUT2D eigenvalue weighted by atomic mass is 9.97. The molecule has 1 saturated heterocycles. The molecule has 1 heterocycles. The quantitative estimate of drug-likeness (QED) is 0.703. The number of carbonyl (C=O) groups is 2. The van der Waals surface area contributed by atoms with Gasteiger partial charge in [-0.25, -0.2) is 0 Å². The summed E-state index contributed by atoms with van der Waals surface area (Å²) in [6.45, 7) is 2.64. The predicted molar refractivity (Wildman–Crippen MR) is 98.6 cm³/mol. The third kappa shape index (κ3) is 6.65. The van der Waals surface area contributed by atoms with Crippen LogP contribution in [0.2, 0.25) is 5.02 Å². The maximum absolute atomic E-state index is 12.1. The Morgan fingerprint density at radius 2 is 2.00 bits per heavy atom. The molecule has 1 aromatic rings. The summed E-state index contributed by atoms with van der Waals surface area (Å²) in [4.78, 5) is 26.1. The molecule has 1 aliphatic heterocycles. The van der Waals surface area contributed by atoms with E-state index in [0.717, 1.165) is 19.4 Å². The van der Waals surface area contributed by atoms with E-state index in [4.69, 9.17) is 17.3 Å². The molecule has 1 aromatic carbocycles. The van der Waals surface area contributed by atoms with Crippen LogP contribution < -0.4 is 16.4 Å². The molecule has 2 rings (SSSR count). The Kier molecular flexibility index (Phi) is 9.07. The summed E-state index contributed by atoms with van der Waals surface area (Å²) in [7, 11) is 0. The van der Waals surface area contributed by atoms with Gasteiger partial charge in [-0.05, 0) is 43.7 Å². The van der Waals surface area contributed by atoms with Crippen molar-refractivity contribution < 1.29 is 9.59 Å². The van der Waals surface area contributed by atoms with Crippen LogP contribution in [0.25, 0.3) is 0 Å². The first-order valence-corrected chi connectivity index (χ1v) is 8.22. The summed E-state index contributed by atoms with van der Waals surface area (Å²) in [6, 6.07) is 6.99. The molecule has 0 bridgehead atoms. The molecule has 1 unspecified atom stereocenters. The smallest absolute Gasteiger partial charge is 0.238 e. The fraction of sp³-hybridized carbons (Fsp3) is 0.500. The van der Waals surface area contributed by atoms with Gasteiger partial charge in [0.2, 0.25) is 11.8 Å². The average molecular weight is 375 g/mol. The average Bonchev–Trinajstić information content (AvgIpc) is 2.55. The van der Waals surface area contributed by atoms with Crippen molar-refractivity contribution in [3.05, 3.63) is 29.3 Å². The Morgan fingerprint density at radius 3 is 2.67 bits per heavy atom. The zero-order valence-corrected chi connectivity index (χ0v) is 15.0. The van der Waals surface area contributed by atoms with Gasteiger partial charge in [-0.3, -0.25) is 14.5 Å². The molecule has 0 spiro atoms. The highest BCUT2D eigenvalue weighted by Gasteiger charge is 2.26. The lowest BCUT2D eigenvalue weighted by Gasteiger charge is -2.31. The second-order valence-corrected chi connectivity index (χ2v) is 6.15. The number of hydrogen-bond donors (Lipinski definition) is 3. The van der Waals surface area contributed by atoms with Crippen molar-refractivity contribution in [3.8, 4) is 0 Å². The lowest BCUT2D eigenvalue weighted by molar-refractivity contribution is -0.127. The van der Waals surface area contributed by atoms with E-state index in [1.807, 2.05) is 4.90 Å². The first-order valence-electron chi connectivity index (χ1n) is 7.84. The summed E-state index contributed by atoms with van der Waals surface area (Å²) >= 11 is 5.82. The van der Waals surface area contributed by atoms with Crippen molar-refractivity contribution >= 4 is 41.5 Å². The highest BCUT2D eigenvalue weighted by molar-refractivity contribution is 6.30. The molecule has 0 aromatic heterocycles. The second-order valence-electron chi connectivity index (χ2n) is 5.71. The van der Waals surface area contributed by atoms with Crippen molar-refractivity contribution in [1.29, 1.82) is 0 Å². The number of nitrogens with one attached hydrogen (secondary N) is 2. The minimum atomic E-state index is -0.0876. The number of likely N-dealkylation sites (tertiary alicyclic amines) is 1. The summed E-state index contributed by atoms with van der Waals surface area (Å²) < 4.78 is 0. The number of hydrogen-bond acceptors (Lipinski definition) is 4. The molecule has 6 nitrogen and oxygen atoms in total. The van der Waals surface area contributed by atoms with E-state index in [1.165, 1.54) is 0 Å². The number of carbonyl (C=O) groups excluding carboxylic acids is 2. The first kappa shape index (κ1) is 20.7. The minimum Gasteiger partial charge on any atom is -0.355 e. The standard InChI is InChI=1S/C16H23ClN4O2.ClH/c17-13-3-5-14(6-4-13)20-15(22)11-21-9-1-2-12(10-21)16(23)19-8-7-18;/h3-6,12H,1-2,7-11,18H2,(H,19,23)(H,20,22);1H. The second kappa shape index (κ2) is 10.5. The van der Waals surface area contributed by atoms with E-state index in [1.54, 1.807) is 24.3 Å². The van der Waals surface area contributed by atoms with Gasteiger partial charge < -0.3 is 16.4 Å². The van der Waals surface area contributed by atoms with E-state index in [2.05, 4.69) is 10.6 Å². The molecule has 1 atom stereocenters. The van der Waals surface area contributed by atoms with Crippen LogP contribution in [0.1, 0.15) is 12.8 Å². The van der Waals surface area contributed by atoms with Crippen LogP contribution in [0, 0.1) is 5.92 Å². The van der Waals surface area contributed by atoms with Crippen LogP contribution in [0.15, 0.2) is 24.3 Å². The van der Waals surface area contributed by atoms with Crippen molar-refractivity contribution in [3.63, 3.8) is 0 Å². The summed E-state index contributed by atoms with van der Waals surface area (Å²) in [5.41, 5.74) is 6.11. The molecular weight excluding hydrogens is 351 g/mol. The van der Waals surface area contributed by atoms with E-state index < -0.39 is 0 Å². The highest BCUT2D eigenvalue weighted by atomic mass is 35.5. The van der Waals surface area contributed by atoms with Gasteiger partial charge in [0.15, 0.2) is 0 Å². The minimum absolute atomic E-state index is 0. The monoisotopic (exact) mass is 374 g/mol. The number of nitrogens with zero attached hydrogens (tertiary/aromatic N) is 1. The molecule has 0 aliphatic carbocycles. The largest absolute Gasteiger partial charge is 0.355 e. The van der Waals surface area contributed by atoms with Crippen LogP contribution in [-0.4, -0.2) is 49.4 Å². The molecule has 0 radical (unpaired) electrons. The zero-order valence-electron chi connectivity index (χ0n) is 13.5. The van der Waals surface area contributed by atoms with Gasteiger partial charge in [0.05, 0.1) is 12.5 Å². The number of rotatable bonds is 6. The van der Waals surface area contributed by atoms with Crippen molar-refractivity contribution in [2.24, 2.45) is 11.7 Å². The molecule has 8 heteroatoms. The summed E-state index contributed by atoms with van der Waals surface area (Å²) in [5, 5.41) is 6.29. The SMILES string of the molecule is Cl.NCCNC(=O)C1CCCN(CC(=O)Nc2ccc(Cl)cc2)C1. The molecule has 1 aliphatic rings. The van der Waals surface area contributed by atoms with Crippen LogP contribution in [0.3, 0.4) is 0 Å². The first-order chi connectivity index (χ1) is 11.1. The Morgan fingerprint density at radius 1 is 1.29 bits per heavy atom. The molecule has 1 fully saturated rings. The van der Waals surface area contributed by atoms with E-state index in [0.29, 0.717) is 30.3 Å². The number of anilines is 1.